The molecule has 0 fully saturated rings. The molecule has 1 aromatic rings. The van der Waals surface area contributed by atoms with Gasteiger partial charge in [0.25, 0.3) is 5.91 Å². The number of nitrogens with zero attached hydrogens (tertiary/aromatic N) is 3. The van der Waals surface area contributed by atoms with Crippen LogP contribution in [0.25, 0.3) is 0 Å². The maximum Gasteiger partial charge on any atom is 0.270 e. The van der Waals surface area contributed by atoms with Gasteiger partial charge in [-0.05, 0) is 28.4 Å². The van der Waals surface area contributed by atoms with E-state index < -0.39 is 0 Å². The van der Waals surface area contributed by atoms with Crippen molar-refractivity contribution < 1.29 is 9.53 Å². The minimum atomic E-state index is -0.0588. The molecule has 6 heteroatoms. The molecule has 0 saturated heterocycles. The van der Waals surface area contributed by atoms with E-state index in [4.69, 9.17) is 10.00 Å². The second kappa shape index (κ2) is 8.77. The lowest BCUT2D eigenvalue weighted by atomic mass is 10.3. The molecule has 1 aromatic heterocycles. The van der Waals surface area contributed by atoms with Gasteiger partial charge in [-0.2, -0.15) is 5.26 Å². The fraction of sp³-hybridized carbons (Fsp3) is 0.571. The van der Waals surface area contributed by atoms with Gasteiger partial charge in [-0.3, -0.25) is 4.79 Å². The van der Waals surface area contributed by atoms with Gasteiger partial charge in [-0.1, -0.05) is 6.92 Å². The average molecular weight is 342 g/mol. The molecule has 0 unspecified atom stereocenters. The van der Waals surface area contributed by atoms with Crippen LogP contribution in [0.2, 0.25) is 0 Å². The summed E-state index contributed by atoms with van der Waals surface area (Å²) in [6.45, 7) is 4.25. The Morgan fingerprint density at radius 3 is 2.90 bits per heavy atom. The SMILES string of the molecule is CCCn1cc(Br)cc1C(=O)N(CCC#N)CCOC. The van der Waals surface area contributed by atoms with Crippen LogP contribution in [-0.2, 0) is 11.3 Å². The van der Waals surface area contributed by atoms with Gasteiger partial charge in [0.15, 0.2) is 0 Å². The Hall–Kier alpha value is -1.32. The van der Waals surface area contributed by atoms with Crippen molar-refractivity contribution in [2.75, 3.05) is 26.8 Å². The first kappa shape index (κ1) is 16.7. The fourth-order valence-electron chi connectivity index (χ4n) is 1.94. The first-order valence-electron chi connectivity index (χ1n) is 6.64. The van der Waals surface area contributed by atoms with E-state index in [0.717, 1.165) is 17.4 Å². The summed E-state index contributed by atoms with van der Waals surface area (Å²) in [5, 5.41) is 8.70. The lowest BCUT2D eigenvalue weighted by molar-refractivity contribution is 0.0689. The van der Waals surface area contributed by atoms with Crippen LogP contribution in [0.15, 0.2) is 16.7 Å². The Kier molecular flexibility index (Phi) is 7.34. The smallest absolute Gasteiger partial charge is 0.270 e. The number of carbonyl (C=O) groups is 1. The van der Waals surface area contributed by atoms with Gasteiger partial charge in [0.05, 0.1) is 19.1 Å². The molecule has 0 aliphatic carbocycles. The lowest BCUT2D eigenvalue weighted by Crippen LogP contribution is -2.35. The number of halogens is 1. The van der Waals surface area contributed by atoms with Crippen LogP contribution in [0.5, 0.6) is 0 Å². The van der Waals surface area contributed by atoms with Crippen LogP contribution in [0, 0.1) is 11.3 Å². The quantitative estimate of drug-likeness (QED) is 0.730. The summed E-state index contributed by atoms with van der Waals surface area (Å²) in [6.07, 6.45) is 3.19. The summed E-state index contributed by atoms with van der Waals surface area (Å²) in [5.41, 5.74) is 0.646. The predicted molar refractivity (Wildman–Crippen MR) is 80.4 cm³/mol. The van der Waals surface area contributed by atoms with E-state index in [0.29, 0.717) is 31.8 Å². The zero-order valence-corrected chi connectivity index (χ0v) is 13.5. The molecule has 1 rings (SSSR count). The van der Waals surface area contributed by atoms with Gasteiger partial charge < -0.3 is 14.2 Å². The third-order valence-electron chi connectivity index (χ3n) is 2.89. The zero-order valence-electron chi connectivity index (χ0n) is 11.9. The highest BCUT2D eigenvalue weighted by Crippen LogP contribution is 2.17. The maximum atomic E-state index is 12.6. The molecule has 0 aliphatic heterocycles. The fourth-order valence-corrected chi connectivity index (χ4v) is 2.41. The highest BCUT2D eigenvalue weighted by Gasteiger charge is 2.19. The van der Waals surface area contributed by atoms with E-state index in [1.165, 1.54) is 0 Å². The normalized spacial score (nSPS) is 10.3. The third kappa shape index (κ3) is 4.66. The van der Waals surface area contributed by atoms with Crippen molar-refractivity contribution in [1.82, 2.24) is 9.47 Å². The number of methoxy groups -OCH3 is 1. The highest BCUT2D eigenvalue weighted by atomic mass is 79.9. The number of aromatic nitrogens is 1. The van der Waals surface area contributed by atoms with Gasteiger partial charge in [-0.25, -0.2) is 0 Å². The molecule has 5 nitrogen and oxygen atoms in total. The largest absolute Gasteiger partial charge is 0.383 e. The van der Waals surface area contributed by atoms with Crippen LogP contribution in [-0.4, -0.2) is 42.2 Å². The summed E-state index contributed by atoms with van der Waals surface area (Å²) in [7, 11) is 1.60. The van der Waals surface area contributed by atoms with Crippen molar-refractivity contribution in [3.63, 3.8) is 0 Å². The van der Waals surface area contributed by atoms with E-state index in [1.54, 1.807) is 12.0 Å². The van der Waals surface area contributed by atoms with Crippen molar-refractivity contribution in [2.24, 2.45) is 0 Å². The summed E-state index contributed by atoms with van der Waals surface area (Å²) in [6, 6.07) is 3.90. The molecule has 0 N–H and O–H groups in total. The Labute approximate surface area is 128 Å². The van der Waals surface area contributed by atoms with Crippen molar-refractivity contribution in [1.29, 1.82) is 5.26 Å². The topological polar surface area (TPSA) is 58.3 Å². The molecule has 0 aliphatic rings. The van der Waals surface area contributed by atoms with Gasteiger partial charge in [0.1, 0.15) is 5.69 Å². The van der Waals surface area contributed by atoms with Crippen LogP contribution < -0.4 is 0 Å². The molecule has 0 bridgehead atoms. The number of carbonyl (C=O) groups excluding carboxylic acids is 1. The van der Waals surface area contributed by atoms with Gasteiger partial charge in [0, 0.05) is 37.4 Å². The second-order valence-corrected chi connectivity index (χ2v) is 5.35. The molecule has 1 heterocycles. The number of nitriles is 1. The number of amides is 1. The number of aryl methyl sites for hydroxylation is 1. The number of rotatable bonds is 8. The lowest BCUT2D eigenvalue weighted by Gasteiger charge is -2.22. The Morgan fingerprint density at radius 2 is 2.30 bits per heavy atom. The van der Waals surface area contributed by atoms with Crippen LogP contribution >= 0.6 is 15.9 Å². The van der Waals surface area contributed by atoms with Crippen molar-refractivity contribution in [2.45, 2.75) is 26.3 Å². The van der Waals surface area contributed by atoms with Gasteiger partial charge in [0.2, 0.25) is 0 Å². The molecule has 0 atom stereocenters. The van der Waals surface area contributed by atoms with Crippen molar-refractivity contribution in [3.8, 4) is 6.07 Å². The van der Waals surface area contributed by atoms with E-state index in [2.05, 4.69) is 28.9 Å². The summed E-state index contributed by atoms with van der Waals surface area (Å²) >= 11 is 3.41. The van der Waals surface area contributed by atoms with Crippen LogP contribution in [0.1, 0.15) is 30.3 Å². The van der Waals surface area contributed by atoms with Gasteiger partial charge >= 0.3 is 0 Å². The molecular formula is C14H20BrN3O2. The van der Waals surface area contributed by atoms with Crippen LogP contribution in [0.4, 0.5) is 0 Å². The predicted octanol–water partition coefficient (Wildman–Crippen LogP) is 2.66. The molecule has 20 heavy (non-hydrogen) atoms. The third-order valence-corrected chi connectivity index (χ3v) is 3.33. The first-order chi connectivity index (χ1) is 9.63. The van der Waals surface area contributed by atoms with Gasteiger partial charge in [-0.15, -0.1) is 0 Å². The summed E-state index contributed by atoms with van der Waals surface area (Å²) in [5.74, 6) is -0.0588. The van der Waals surface area contributed by atoms with E-state index >= 15 is 0 Å². The zero-order chi connectivity index (χ0) is 15.0. The molecule has 1 amide bonds. The number of hydrogen-bond donors (Lipinski definition) is 0. The molecule has 0 saturated carbocycles. The molecule has 0 aromatic carbocycles. The minimum absolute atomic E-state index is 0.0588. The number of hydrogen-bond acceptors (Lipinski definition) is 3. The maximum absolute atomic E-state index is 12.6. The van der Waals surface area contributed by atoms with E-state index in [9.17, 15) is 4.79 Å². The van der Waals surface area contributed by atoms with Crippen LogP contribution in [0.3, 0.4) is 0 Å². The number of ether oxygens (including phenoxy) is 1. The van der Waals surface area contributed by atoms with E-state index in [1.807, 2.05) is 16.8 Å². The Balaban J connectivity index is 2.89. The minimum Gasteiger partial charge on any atom is -0.383 e. The summed E-state index contributed by atoms with van der Waals surface area (Å²) < 4.78 is 7.86. The van der Waals surface area contributed by atoms with Crippen molar-refractivity contribution >= 4 is 21.8 Å². The van der Waals surface area contributed by atoms with Crippen molar-refractivity contribution in [3.05, 3.63) is 22.4 Å². The Bertz CT molecular complexity index is 479. The standard InChI is InChI=1S/C14H20BrN3O2/c1-3-6-18-11-12(15)10-13(18)14(19)17(7-4-5-16)8-9-20-2/h10-11H,3-4,6-9H2,1-2H3. The second-order valence-electron chi connectivity index (χ2n) is 4.43. The Morgan fingerprint density at radius 1 is 1.55 bits per heavy atom. The first-order valence-corrected chi connectivity index (χ1v) is 7.44. The molecule has 0 radical (unpaired) electrons. The highest BCUT2D eigenvalue weighted by molar-refractivity contribution is 9.10. The molecule has 0 spiro atoms. The monoisotopic (exact) mass is 341 g/mol. The van der Waals surface area contributed by atoms with E-state index in [-0.39, 0.29) is 5.91 Å². The summed E-state index contributed by atoms with van der Waals surface area (Å²) in [4.78, 5) is 14.3. The average Bonchev–Trinajstić information content (AvgIpc) is 2.80. The molecular weight excluding hydrogens is 322 g/mol. The molecule has 110 valence electrons.